The number of carbonyl (C=O) groups is 2. The molecule has 5 heteroatoms. The number of anilines is 1. The van der Waals surface area contributed by atoms with Gasteiger partial charge < -0.3 is 15.5 Å². The Morgan fingerprint density at radius 1 is 1.38 bits per heavy atom. The molecule has 0 spiro atoms. The van der Waals surface area contributed by atoms with Gasteiger partial charge in [-0.25, -0.2) is 0 Å². The summed E-state index contributed by atoms with van der Waals surface area (Å²) in [5.74, 6) is 0.0265. The van der Waals surface area contributed by atoms with E-state index in [1.54, 1.807) is 11.9 Å². The average molecular weight is 289 g/mol. The number of para-hydroxylation sites is 1. The van der Waals surface area contributed by atoms with Gasteiger partial charge in [-0.2, -0.15) is 0 Å². The average Bonchev–Trinajstić information content (AvgIpc) is 2.93. The lowest BCUT2D eigenvalue weighted by Gasteiger charge is -2.18. The first-order valence-corrected chi connectivity index (χ1v) is 7.39. The Morgan fingerprint density at radius 3 is 2.81 bits per heavy atom. The Labute approximate surface area is 125 Å². The van der Waals surface area contributed by atoms with Gasteiger partial charge in [-0.15, -0.1) is 0 Å². The van der Waals surface area contributed by atoms with E-state index in [9.17, 15) is 9.59 Å². The lowest BCUT2D eigenvalue weighted by Crippen LogP contribution is -2.28. The van der Waals surface area contributed by atoms with Crippen LogP contribution in [0.15, 0.2) is 24.3 Å². The summed E-state index contributed by atoms with van der Waals surface area (Å²) in [6.45, 7) is 3.03. The summed E-state index contributed by atoms with van der Waals surface area (Å²) in [6.07, 6.45) is 2.69. The number of hydrogen-bond acceptors (Lipinski definition) is 3. The van der Waals surface area contributed by atoms with Gasteiger partial charge in [-0.1, -0.05) is 18.2 Å². The molecule has 114 valence electrons. The molecule has 2 rings (SSSR count). The van der Waals surface area contributed by atoms with Crippen LogP contribution in [-0.2, 0) is 16.1 Å². The van der Waals surface area contributed by atoms with Crippen molar-refractivity contribution in [2.24, 2.45) is 0 Å². The van der Waals surface area contributed by atoms with Crippen molar-refractivity contribution >= 4 is 17.5 Å². The second-order valence-corrected chi connectivity index (χ2v) is 5.58. The predicted octanol–water partition coefficient (Wildman–Crippen LogP) is 1.75. The maximum absolute atomic E-state index is 12.1. The first kappa shape index (κ1) is 15.5. The Hall–Kier alpha value is -1.88. The van der Waals surface area contributed by atoms with E-state index in [2.05, 4.69) is 10.6 Å². The number of amides is 2. The van der Waals surface area contributed by atoms with Gasteiger partial charge >= 0.3 is 0 Å². The van der Waals surface area contributed by atoms with E-state index in [1.165, 1.54) is 6.92 Å². The quantitative estimate of drug-likeness (QED) is 0.868. The molecule has 1 heterocycles. The minimum Gasteiger partial charge on any atom is -0.342 e. The molecular formula is C16H23N3O2. The van der Waals surface area contributed by atoms with E-state index >= 15 is 0 Å². The molecule has 0 radical (unpaired) electrons. The summed E-state index contributed by atoms with van der Waals surface area (Å²) in [7, 11) is 1.75. The third-order valence-corrected chi connectivity index (χ3v) is 3.83. The van der Waals surface area contributed by atoms with E-state index in [0.717, 1.165) is 30.6 Å². The second-order valence-electron chi connectivity index (χ2n) is 5.58. The van der Waals surface area contributed by atoms with Gasteiger partial charge in [0.2, 0.25) is 11.8 Å². The predicted molar refractivity (Wildman–Crippen MR) is 82.9 cm³/mol. The second kappa shape index (κ2) is 7.22. The number of nitrogens with zero attached hydrogens (tertiary/aromatic N) is 1. The smallest absolute Gasteiger partial charge is 0.225 e. The molecule has 1 aliphatic rings. The highest BCUT2D eigenvalue weighted by molar-refractivity contribution is 5.92. The van der Waals surface area contributed by atoms with Crippen molar-refractivity contribution in [3.05, 3.63) is 29.8 Å². The molecule has 1 aliphatic heterocycles. The molecule has 0 aliphatic carbocycles. The zero-order valence-corrected chi connectivity index (χ0v) is 12.7. The molecule has 1 aromatic carbocycles. The largest absolute Gasteiger partial charge is 0.342 e. The molecule has 1 atom stereocenters. The Balaban J connectivity index is 1.98. The third-order valence-electron chi connectivity index (χ3n) is 3.83. The first-order valence-electron chi connectivity index (χ1n) is 7.39. The minimum atomic E-state index is 0.00582. The number of nitrogens with one attached hydrogen (secondary N) is 2. The van der Waals surface area contributed by atoms with E-state index in [0.29, 0.717) is 13.0 Å². The van der Waals surface area contributed by atoms with Gasteiger partial charge in [0.25, 0.3) is 0 Å². The van der Waals surface area contributed by atoms with Crippen LogP contribution in [0.25, 0.3) is 0 Å². The molecular weight excluding hydrogens is 266 g/mol. The van der Waals surface area contributed by atoms with Crippen LogP contribution in [0.4, 0.5) is 5.69 Å². The van der Waals surface area contributed by atoms with E-state index < -0.39 is 0 Å². The molecule has 1 fully saturated rings. The van der Waals surface area contributed by atoms with Crippen LogP contribution in [0.2, 0.25) is 0 Å². The molecule has 0 bridgehead atoms. The zero-order chi connectivity index (χ0) is 15.2. The monoisotopic (exact) mass is 289 g/mol. The van der Waals surface area contributed by atoms with Crippen LogP contribution in [0.5, 0.6) is 0 Å². The SMILES string of the molecule is CC(=O)N(C)Cc1ccccc1NC(=O)CC1CCCN1. The van der Waals surface area contributed by atoms with Gasteiger partial charge in [0.05, 0.1) is 0 Å². The summed E-state index contributed by atoms with van der Waals surface area (Å²) >= 11 is 0. The van der Waals surface area contributed by atoms with Gasteiger partial charge in [-0.3, -0.25) is 9.59 Å². The van der Waals surface area contributed by atoms with E-state index in [4.69, 9.17) is 0 Å². The normalized spacial score (nSPS) is 17.5. The molecule has 1 aromatic rings. The van der Waals surface area contributed by atoms with Crippen LogP contribution in [-0.4, -0.2) is 36.3 Å². The van der Waals surface area contributed by atoms with Crippen LogP contribution in [0.3, 0.4) is 0 Å². The first-order chi connectivity index (χ1) is 10.1. The molecule has 2 amide bonds. The number of benzene rings is 1. The molecule has 21 heavy (non-hydrogen) atoms. The highest BCUT2D eigenvalue weighted by Crippen LogP contribution is 2.18. The van der Waals surface area contributed by atoms with Crippen molar-refractivity contribution in [2.45, 2.75) is 38.8 Å². The summed E-state index contributed by atoms with van der Waals surface area (Å²) in [4.78, 5) is 25.1. The Kier molecular flexibility index (Phi) is 5.33. The summed E-state index contributed by atoms with van der Waals surface area (Å²) in [6, 6.07) is 7.90. The molecule has 2 N–H and O–H groups in total. The minimum absolute atomic E-state index is 0.00582. The van der Waals surface area contributed by atoms with Crippen LogP contribution >= 0.6 is 0 Å². The number of carbonyl (C=O) groups excluding carboxylic acids is 2. The summed E-state index contributed by atoms with van der Waals surface area (Å²) < 4.78 is 0. The van der Waals surface area contributed by atoms with Crippen molar-refractivity contribution in [3.63, 3.8) is 0 Å². The zero-order valence-electron chi connectivity index (χ0n) is 12.7. The van der Waals surface area contributed by atoms with E-state index in [-0.39, 0.29) is 17.9 Å². The highest BCUT2D eigenvalue weighted by Gasteiger charge is 2.18. The number of rotatable bonds is 5. The molecule has 1 saturated heterocycles. The standard InChI is InChI=1S/C16H23N3O2/c1-12(20)19(2)11-13-6-3-4-8-15(13)18-16(21)10-14-7-5-9-17-14/h3-4,6,8,14,17H,5,7,9-11H2,1-2H3,(H,18,21). The van der Waals surface area contributed by atoms with Crippen LogP contribution < -0.4 is 10.6 Å². The molecule has 1 unspecified atom stereocenters. The van der Waals surface area contributed by atoms with Crippen molar-refractivity contribution in [2.75, 3.05) is 18.9 Å². The van der Waals surface area contributed by atoms with Crippen molar-refractivity contribution in [3.8, 4) is 0 Å². The van der Waals surface area contributed by atoms with Gasteiger partial charge in [0, 0.05) is 38.7 Å². The van der Waals surface area contributed by atoms with Crippen molar-refractivity contribution in [1.29, 1.82) is 0 Å². The van der Waals surface area contributed by atoms with Crippen LogP contribution in [0, 0.1) is 0 Å². The van der Waals surface area contributed by atoms with Crippen molar-refractivity contribution < 1.29 is 9.59 Å². The van der Waals surface area contributed by atoms with Gasteiger partial charge in [0.15, 0.2) is 0 Å². The van der Waals surface area contributed by atoms with E-state index in [1.807, 2.05) is 24.3 Å². The van der Waals surface area contributed by atoms with Gasteiger partial charge in [0.1, 0.15) is 0 Å². The fraction of sp³-hybridized carbons (Fsp3) is 0.500. The molecule has 0 aromatic heterocycles. The molecule has 5 nitrogen and oxygen atoms in total. The maximum atomic E-state index is 12.1. The lowest BCUT2D eigenvalue weighted by atomic mass is 10.1. The molecule has 0 saturated carbocycles. The number of hydrogen-bond donors (Lipinski definition) is 2. The fourth-order valence-electron chi connectivity index (χ4n) is 2.50. The van der Waals surface area contributed by atoms with Gasteiger partial charge in [-0.05, 0) is 31.0 Å². The Morgan fingerprint density at radius 2 is 2.14 bits per heavy atom. The fourth-order valence-corrected chi connectivity index (χ4v) is 2.50. The Bertz CT molecular complexity index is 510. The van der Waals surface area contributed by atoms with Crippen LogP contribution in [0.1, 0.15) is 31.7 Å². The lowest BCUT2D eigenvalue weighted by molar-refractivity contribution is -0.128. The third kappa shape index (κ3) is 4.56. The summed E-state index contributed by atoms with van der Waals surface area (Å²) in [5.41, 5.74) is 1.73. The van der Waals surface area contributed by atoms with Crippen molar-refractivity contribution in [1.82, 2.24) is 10.2 Å². The summed E-state index contributed by atoms with van der Waals surface area (Å²) in [5, 5.41) is 6.29. The highest BCUT2D eigenvalue weighted by atomic mass is 16.2. The maximum Gasteiger partial charge on any atom is 0.225 e. The topological polar surface area (TPSA) is 61.4 Å².